The topological polar surface area (TPSA) is 57.2 Å². The van der Waals surface area contributed by atoms with Crippen molar-refractivity contribution in [2.75, 3.05) is 13.2 Å². The normalized spacial score (nSPS) is 40.3. The van der Waals surface area contributed by atoms with Crippen molar-refractivity contribution in [1.29, 1.82) is 0 Å². The quantitative estimate of drug-likeness (QED) is 0.453. The van der Waals surface area contributed by atoms with Crippen molar-refractivity contribution < 1.29 is 24.1 Å². The molecule has 106 valence electrons. The Morgan fingerprint density at radius 2 is 2.11 bits per heavy atom. The van der Waals surface area contributed by atoms with Gasteiger partial charge in [-0.15, -0.1) is 0 Å². The highest BCUT2D eigenvalue weighted by Crippen LogP contribution is 2.45. The predicted octanol–water partition coefficient (Wildman–Crippen LogP) is 0.773. The predicted molar refractivity (Wildman–Crippen MR) is 69.8 cm³/mol. The Kier molecular flexibility index (Phi) is 4.09. The molecule has 0 aromatic rings. The molecule has 2 aliphatic heterocycles. The zero-order valence-corrected chi connectivity index (χ0v) is 11.7. The average molecular weight is 268 g/mol. The van der Waals surface area contributed by atoms with E-state index in [4.69, 9.17) is 26.8 Å². The van der Waals surface area contributed by atoms with Gasteiger partial charge in [0.1, 0.15) is 17.8 Å². The standard InChI is InChI=1S/C13H21BO5/c1-8(2)13(15)9(7-16-6-5-14)17-11-10(13)18-12(3,4)19-11/h9-11,15H,1,5-7H2,2-4H3/t9-,10+,11-,13-/m1/s1. The minimum Gasteiger partial charge on any atom is -0.380 e. The summed E-state index contributed by atoms with van der Waals surface area (Å²) in [4.78, 5) is 0. The molecule has 0 spiro atoms. The fraction of sp³-hybridized carbons (Fsp3) is 0.846. The minimum absolute atomic E-state index is 0.223. The summed E-state index contributed by atoms with van der Waals surface area (Å²) in [7, 11) is 5.37. The van der Waals surface area contributed by atoms with Gasteiger partial charge in [-0.1, -0.05) is 12.9 Å². The lowest BCUT2D eigenvalue weighted by Gasteiger charge is -2.34. The van der Waals surface area contributed by atoms with Crippen LogP contribution in [0.15, 0.2) is 12.2 Å². The molecule has 0 saturated carbocycles. The summed E-state index contributed by atoms with van der Waals surface area (Å²) in [5, 5.41) is 10.9. The number of hydrogen-bond donors (Lipinski definition) is 1. The lowest BCUT2D eigenvalue weighted by molar-refractivity contribution is -0.230. The van der Waals surface area contributed by atoms with E-state index in [-0.39, 0.29) is 6.61 Å². The SMILES string of the molecule is [B]CCOC[C@H]1O[C@@H]2OC(C)(C)O[C@@H]2[C@@]1(O)C(=C)C. The summed E-state index contributed by atoms with van der Waals surface area (Å²) in [6, 6.07) is 0. The second-order valence-corrected chi connectivity index (χ2v) is 5.52. The van der Waals surface area contributed by atoms with Crippen LogP contribution in [0, 0.1) is 0 Å². The van der Waals surface area contributed by atoms with E-state index in [1.165, 1.54) is 0 Å². The van der Waals surface area contributed by atoms with Gasteiger partial charge in [-0.2, -0.15) is 0 Å². The van der Waals surface area contributed by atoms with Gasteiger partial charge < -0.3 is 24.1 Å². The Labute approximate surface area is 115 Å². The fourth-order valence-electron chi connectivity index (χ4n) is 2.53. The monoisotopic (exact) mass is 268 g/mol. The highest BCUT2D eigenvalue weighted by atomic mass is 16.8. The van der Waals surface area contributed by atoms with E-state index in [1.54, 1.807) is 20.8 Å². The van der Waals surface area contributed by atoms with Crippen LogP contribution in [0.5, 0.6) is 0 Å². The first-order valence-corrected chi connectivity index (χ1v) is 6.48. The summed E-state index contributed by atoms with van der Waals surface area (Å²) < 4.78 is 22.5. The molecule has 4 atom stereocenters. The molecule has 1 N–H and O–H groups in total. The lowest BCUT2D eigenvalue weighted by atomic mass is 9.86. The van der Waals surface area contributed by atoms with Crippen molar-refractivity contribution >= 4 is 7.85 Å². The van der Waals surface area contributed by atoms with Crippen molar-refractivity contribution in [2.24, 2.45) is 0 Å². The molecule has 0 bridgehead atoms. The van der Waals surface area contributed by atoms with Gasteiger partial charge in [0.25, 0.3) is 0 Å². The van der Waals surface area contributed by atoms with Gasteiger partial charge in [-0.3, -0.25) is 0 Å². The number of ether oxygens (including phenoxy) is 4. The van der Waals surface area contributed by atoms with E-state index in [0.717, 1.165) is 0 Å². The molecule has 0 aromatic carbocycles. The van der Waals surface area contributed by atoms with Crippen LogP contribution in [0.4, 0.5) is 0 Å². The summed E-state index contributed by atoms with van der Waals surface area (Å²) in [6.45, 7) is 9.80. The first kappa shape index (κ1) is 15.0. The number of fused-ring (bicyclic) bond motifs is 1. The number of hydrogen-bond acceptors (Lipinski definition) is 5. The first-order chi connectivity index (χ1) is 8.81. The van der Waals surface area contributed by atoms with Crippen molar-refractivity contribution in [3.05, 3.63) is 12.2 Å². The van der Waals surface area contributed by atoms with Crippen molar-refractivity contribution in [3.8, 4) is 0 Å². The van der Waals surface area contributed by atoms with Gasteiger partial charge in [0, 0.05) is 6.61 Å². The van der Waals surface area contributed by atoms with Crippen molar-refractivity contribution in [1.82, 2.24) is 0 Å². The second kappa shape index (κ2) is 5.18. The van der Waals surface area contributed by atoms with Crippen LogP contribution in [-0.2, 0) is 18.9 Å². The van der Waals surface area contributed by atoms with E-state index < -0.39 is 29.9 Å². The Morgan fingerprint density at radius 1 is 1.42 bits per heavy atom. The van der Waals surface area contributed by atoms with Gasteiger partial charge in [0.15, 0.2) is 12.1 Å². The molecule has 0 aromatic heterocycles. The molecule has 5 nitrogen and oxygen atoms in total. The Morgan fingerprint density at radius 3 is 2.68 bits per heavy atom. The molecule has 6 heteroatoms. The fourth-order valence-corrected chi connectivity index (χ4v) is 2.53. The van der Waals surface area contributed by atoms with Crippen LogP contribution in [0.1, 0.15) is 20.8 Å². The molecule has 2 rings (SSSR count). The molecule has 0 amide bonds. The molecule has 2 aliphatic rings. The van der Waals surface area contributed by atoms with Crippen molar-refractivity contribution in [2.45, 2.75) is 57.0 Å². The first-order valence-electron chi connectivity index (χ1n) is 6.48. The summed E-state index contributed by atoms with van der Waals surface area (Å²) in [5.74, 6) is -0.776. The van der Waals surface area contributed by atoms with E-state index in [9.17, 15) is 5.11 Å². The lowest BCUT2D eigenvalue weighted by Crippen LogP contribution is -2.51. The van der Waals surface area contributed by atoms with E-state index >= 15 is 0 Å². The van der Waals surface area contributed by atoms with Gasteiger partial charge in [0.2, 0.25) is 0 Å². The molecule has 19 heavy (non-hydrogen) atoms. The van der Waals surface area contributed by atoms with Crippen LogP contribution < -0.4 is 0 Å². The molecule has 2 radical (unpaired) electrons. The molecular formula is C13H21BO5. The maximum atomic E-state index is 10.9. The Hall–Kier alpha value is -0.395. The third kappa shape index (κ3) is 2.60. The Balaban J connectivity index is 2.13. The van der Waals surface area contributed by atoms with Crippen LogP contribution >= 0.6 is 0 Å². The zero-order chi connectivity index (χ0) is 14.3. The van der Waals surface area contributed by atoms with Crippen LogP contribution in [0.25, 0.3) is 0 Å². The minimum atomic E-state index is -1.31. The zero-order valence-electron chi connectivity index (χ0n) is 11.7. The largest absolute Gasteiger partial charge is 0.380 e. The Bertz CT molecular complexity index is 359. The van der Waals surface area contributed by atoms with Gasteiger partial charge in [0.05, 0.1) is 14.5 Å². The van der Waals surface area contributed by atoms with Crippen LogP contribution in [-0.4, -0.2) is 56.1 Å². The van der Waals surface area contributed by atoms with Crippen LogP contribution in [0.3, 0.4) is 0 Å². The maximum Gasteiger partial charge on any atom is 0.191 e. The van der Waals surface area contributed by atoms with Gasteiger partial charge in [-0.05, 0) is 26.3 Å². The summed E-state index contributed by atoms with van der Waals surface area (Å²) >= 11 is 0. The molecular weight excluding hydrogens is 247 g/mol. The third-order valence-corrected chi connectivity index (χ3v) is 3.50. The number of aliphatic hydroxyl groups is 1. The third-order valence-electron chi connectivity index (χ3n) is 3.50. The van der Waals surface area contributed by atoms with E-state index in [2.05, 4.69) is 6.58 Å². The highest BCUT2D eigenvalue weighted by molar-refractivity contribution is 6.08. The van der Waals surface area contributed by atoms with Crippen molar-refractivity contribution in [3.63, 3.8) is 0 Å². The van der Waals surface area contributed by atoms with Gasteiger partial charge >= 0.3 is 0 Å². The molecule has 2 heterocycles. The maximum absolute atomic E-state index is 10.9. The van der Waals surface area contributed by atoms with Crippen LogP contribution in [0.2, 0.25) is 6.32 Å². The van der Waals surface area contributed by atoms with E-state index in [0.29, 0.717) is 18.5 Å². The smallest absolute Gasteiger partial charge is 0.191 e. The molecule has 0 unspecified atom stereocenters. The second-order valence-electron chi connectivity index (χ2n) is 5.52. The number of rotatable bonds is 5. The average Bonchev–Trinajstić information content (AvgIpc) is 2.73. The summed E-state index contributed by atoms with van der Waals surface area (Å²) in [6.07, 6.45) is -1.34. The van der Waals surface area contributed by atoms with E-state index in [1.807, 2.05) is 0 Å². The molecule has 0 aliphatic carbocycles. The molecule has 2 saturated heterocycles. The van der Waals surface area contributed by atoms with Gasteiger partial charge in [-0.25, -0.2) is 0 Å². The summed E-state index contributed by atoms with van der Waals surface area (Å²) in [5.41, 5.74) is -0.741. The molecule has 2 fully saturated rings. The highest BCUT2D eigenvalue weighted by Gasteiger charge is 2.63.